The number of nitrogens with zero attached hydrogens (tertiary/aromatic N) is 2. The molecule has 1 N–H and O–H groups in total. The van der Waals surface area contributed by atoms with Crippen molar-refractivity contribution in [1.29, 1.82) is 0 Å². The number of nitrogens with one attached hydrogen (secondary N) is 1. The van der Waals surface area contributed by atoms with Gasteiger partial charge in [-0.3, -0.25) is 10.1 Å². The minimum absolute atomic E-state index is 0.191. The molecule has 1 aromatic heterocycles. The van der Waals surface area contributed by atoms with Crippen molar-refractivity contribution in [1.82, 2.24) is 9.97 Å². The summed E-state index contributed by atoms with van der Waals surface area (Å²) in [7, 11) is 0. The van der Waals surface area contributed by atoms with Crippen LogP contribution in [0.25, 0.3) is 22.5 Å². The SMILES string of the molecule is CC(=O)Nc1nc(-c2ccccc2)cc(-c2ccccc2)n1. The summed E-state index contributed by atoms with van der Waals surface area (Å²) in [5, 5.41) is 2.66. The molecule has 0 aliphatic rings. The molecule has 2 aromatic carbocycles. The van der Waals surface area contributed by atoms with Crippen molar-refractivity contribution in [2.45, 2.75) is 6.92 Å². The fraction of sp³-hybridized carbons (Fsp3) is 0.0556. The van der Waals surface area contributed by atoms with Gasteiger partial charge in [-0.2, -0.15) is 0 Å². The summed E-state index contributed by atoms with van der Waals surface area (Å²) < 4.78 is 0. The predicted molar refractivity (Wildman–Crippen MR) is 87.2 cm³/mol. The Morgan fingerprint density at radius 3 is 1.68 bits per heavy atom. The number of amides is 1. The average Bonchev–Trinajstić information content (AvgIpc) is 2.55. The lowest BCUT2D eigenvalue weighted by Gasteiger charge is -2.08. The van der Waals surface area contributed by atoms with Crippen LogP contribution < -0.4 is 5.32 Å². The van der Waals surface area contributed by atoms with E-state index in [1.165, 1.54) is 6.92 Å². The highest BCUT2D eigenvalue weighted by Crippen LogP contribution is 2.24. The van der Waals surface area contributed by atoms with E-state index in [0.717, 1.165) is 22.5 Å². The summed E-state index contributed by atoms with van der Waals surface area (Å²) in [5.41, 5.74) is 3.51. The molecule has 0 saturated carbocycles. The smallest absolute Gasteiger partial charge is 0.230 e. The second kappa shape index (κ2) is 6.18. The molecule has 0 unspecified atom stereocenters. The van der Waals surface area contributed by atoms with E-state index in [0.29, 0.717) is 5.95 Å². The zero-order chi connectivity index (χ0) is 15.4. The Morgan fingerprint density at radius 2 is 1.27 bits per heavy atom. The second-order valence-corrected chi connectivity index (χ2v) is 4.88. The molecule has 3 rings (SSSR count). The van der Waals surface area contributed by atoms with Gasteiger partial charge in [-0.25, -0.2) is 9.97 Å². The van der Waals surface area contributed by atoms with E-state index >= 15 is 0 Å². The van der Waals surface area contributed by atoms with E-state index < -0.39 is 0 Å². The number of rotatable bonds is 3. The van der Waals surface area contributed by atoms with Crippen LogP contribution in [0.5, 0.6) is 0 Å². The second-order valence-electron chi connectivity index (χ2n) is 4.88. The number of hydrogen-bond donors (Lipinski definition) is 1. The average molecular weight is 289 g/mol. The van der Waals surface area contributed by atoms with Gasteiger partial charge in [0, 0.05) is 18.1 Å². The van der Waals surface area contributed by atoms with Crippen LogP contribution in [0.1, 0.15) is 6.92 Å². The standard InChI is InChI=1S/C18H15N3O/c1-13(22)19-18-20-16(14-8-4-2-5-9-14)12-17(21-18)15-10-6-3-7-11-15/h2-12H,1H3,(H,19,20,21,22). The van der Waals surface area contributed by atoms with E-state index in [2.05, 4.69) is 15.3 Å². The third-order valence-corrected chi connectivity index (χ3v) is 3.15. The molecule has 108 valence electrons. The minimum atomic E-state index is -0.191. The molecular formula is C18H15N3O. The molecule has 0 saturated heterocycles. The topological polar surface area (TPSA) is 54.9 Å². The van der Waals surface area contributed by atoms with Crippen molar-refractivity contribution in [3.8, 4) is 22.5 Å². The maximum absolute atomic E-state index is 11.3. The molecule has 0 aliphatic heterocycles. The van der Waals surface area contributed by atoms with Gasteiger partial charge in [-0.1, -0.05) is 60.7 Å². The van der Waals surface area contributed by atoms with Gasteiger partial charge in [0.25, 0.3) is 0 Å². The molecule has 0 radical (unpaired) electrons. The van der Waals surface area contributed by atoms with Crippen molar-refractivity contribution in [3.05, 3.63) is 66.7 Å². The number of carbonyl (C=O) groups excluding carboxylic acids is 1. The molecule has 0 bridgehead atoms. The zero-order valence-electron chi connectivity index (χ0n) is 12.2. The number of carbonyl (C=O) groups is 1. The van der Waals surface area contributed by atoms with E-state index in [1.54, 1.807) is 0 Å². The maximum Gasteiger partial charge on any atom is 0.230 e. The Bertz CT molecular complexity index is 728. The molecule has 0 fully saturated rings. The van der Waals surface area contributed by atoms with Gasteiger partial charge in [0.15, 0.2) is 0 Å². The van der Waals surface area contributed by atoms with Crippen molar-refractivity contribution in [2.24, 2.45) is 0 Å². The van der Waals surface area contributed by atoms with Gasteiger partial charge in [0.05, 0.1) is 11.4 Å². The van der Waals surface area contributed by atoms with Crippen LogP contribution >= 0.6 is 0 Å². The van der Waals surface area contributed by atoms with Crippen LogP contribution in [-0.2, 0) is 4.79 Å². The Kier molecular flexibility index (Phi) is 3.92. The molecule has 3 aromatic rings. The molecule has 0 spiro atoms. The van der Waals surface area contributed by atoms with Gasteiger partial charge in [0.2, 0.25) is 11.9 Å². The fourth-order valence-electron chi connectivity index (χ4n) is 2.17. The van der Waals surface area contributed by atoms with Gasteiger partial charge < -0.3 is 0 Å². The van der Waals surface area contributed by atoms with Crippen molar-refractivity contribution < 1.29 is 4.79 Å². The first-order valence-electron chi connectivity index (χ1n) is 7.00. The highest BCUT2D eigenvalue weighted by Gasteiger charge is 2.09. The third-order valence-electron chi connectivity index (χ3n) is 3.15. The lowest BCUT2D eigenvalue weighted by atomic mass is 10.1. The van der Waals surface area contributed by atoms with Gasteiger partial charge in [0.1, 0.15) is 0 Å². The Hall–Kier alpha value is -3.01. The molecule has 1 amide bonds. The Balaban J connectivity index is 2.12. The van der Waals surface area contributed by atoms with Crippen molar-refractivity contribution in [3.63, 3.8) is 0 Å². The van der Waals surface area contributed by atoms with E-state index in [-0.39, 0.29) is 5.91 Å². The summed E-state index contributed by atoms with van der Waals surface area (Å²) in [5.74, 6) is 0.122. The van der Waals surface area contributed by atoms with Crippen LogP contribution in [0.2, 0.25) is 0 Å². The number of hydrogen-bond acceptors (Lipinski definition) is 3. The van der Waals surface area contributed by atoms with Crippen molar-refractivity contribution in [2.75, 3.05) is 5.32 Å². The summed E-state index contributed by atoms with van der Waals surface area (Å²) in [6.45, 7) is 1.45. The van der Waals surface area contributed by atoms with Crippen LogP contribution in [-0.4, -0.2) is 15.9 Å². The Labute approximate surface area is 128 Å². The van der Waals surface area contributed by atoms with Crippen LogP contribution in [0.3, 0.4) is 0 Å². The zero-order valence-corrected chi connectivity index (χ0v) is 12.2. The highest BCUT2D eigenvalue weighted by atomic mass is 16.1. The van der Waals surface area contributed by atoms with Crippen LogP contribution in [0.4, 0.5) is 5.95 Å². The lowest BCUT2D eigenvalue weighted by Crippen LogP contribution is -2.10. The molecule has 0 aliphatic carbocycles. The molecule has 0 atom stereocenters. The normalized spacial score (nSPS) is 10.2. The molecule has 1 heterocycles. The first kappa shape index (κ1) is 13.9. The molecular weight excluding hydrogens is 274 g/mol. The van der Waals surface area contributed by atoms with Gasteiger partial charge in [-0.05, 0) is 6.07 Å². The first-order valence-corrected chi connectivity index (χ1v) is 7.00. The maximum atomic E-state index is 11.3. The quantitative estimate of drug-likeness (QED) is 0.798. The highest BCUT2D eigenvalue weighted by molar-refractivity contribution is 5.87. The predicted octanol–water partition coefficient (Wildman–Crippen LogP) is 3.77. The minimum Gasteiger partial charge on any atom is -0.295 e. The summed E-state index contributed by atoms with van der Waals surface area (Å²) in [4.78, 5) is 20.2. The van der Waals surface area contributed by atoms with Gasteiger partial charge >= 0.3 is 0 Å². The van der Waals surface area contributed by atoms with E-state index in [4.69, 9.17) is 0 Å². The molecule has 4 nitrogen and oxygen atoms in total. The fourth-order valence-corrected chi connectivity index (χ4v) is 2.17. The number of benzene rings is 2. The largest absolute Gasteiger partial charge is 0.295 e. The summed E-state index contributed by atoms with van der Waals surface area (Å²) >= 11 is 0. The van der Waals surface area contributed by atoms with Crippen LogP contribution in [0, 0.1) is 0 Å². The first-order chi connectivity index (χ1) is 10.7. The number of anilines is 1. The molecule has 22 heavy (non-hydrogen) atoms. The molecule has 4 heteroatoms. The lowest BCUT2D eigenvalue weighted by molar-refractivity contribution is -0.114. The third kappa shape index (κ3) is 3.17. The monoisotopic (exact) mass is 289 g/mol. The number of aromatic nitrogens is 2. The van der Waals surface area contributed by atoms with E-state index in [1.807, 2.05) is 66.7 Å². The van der Waals surface area contributed by atoms with Gasteiger partial charge in [-0.15, -0.1) is 0 Å². The summed E-state index contributed by atoms with van der Waals surface area (Å²) in [6.07, 6.45) is 0. The van der Waals surface area contributed by atoms with Crippen molar-refractivity contribution >= 4 is 11.9 Å². The Morgan fingerprint density at radius 1 is 0.818 bits per heavy atom. The summed E-state index contributed by atoms with van der Waals surface area (Å²) in [6, 6.07) is 21.6. The van der Waals surface area contributed by atoms with Crippen LogP contribution in [0.15, 0.2) is 66.7 Å². The van der Waals surface area contributed by atoms with E-state index in [9.17, 15) is 4.79 Å².